The SMILES string of the molecule is Cc1c(C)c(CSc2ccccc2C(=O)O)c(C)c(C)c1CSc1ccccc1C(=O)O. The van der Waals surface area contributed by atoms with Gasteiger partial charge in [-0.2, -0.15) is 0 Å². The van der Waals surface area contributed by atoms with Gasteiger partial charge < -0.3 is 10.2 Å². The third-order valence-corrected chi connectivity index (χ3v) is 8.11. The van der Waals surface area contributed by atoms with Crippen molar-refractivity contribution in [3.05, 3.63) is 93.0 Å². The second-order valence-electron chi connectivity index (χ2n) is 7.64. The Labute approximate surface area is 197 Å². The number of aromatic carboxylic acids is 2. The Bertz CT molecular complexity index is 1060. The fourth-order valence-electron chi connectivity index (χ4n) is 3.74. The Kier molecular flexibility index (Phi) is 7.69. The largest absolute Gasteiger partial charge is 0.478 e. The number of carbonyl (C=O) groups is 2. The molecule has 4 nitrogen and oxygen atoms in total. The van der Waals surface area contributed by atoms with Gasteiger partial charge in [-0.15, -0.1) is 23.5 Å². The van der Waals surface area contributed by atoms with Gasteiger partial charge in [0.2, 0.25) is 0 Å². The van der Waals surface area contributed by atoms with Gasteiger partial charge in [-0.25, -0.2) is 9.59 Å². The quantitative estimate of drug-likeness (QED) is 0.352. The predicted molar refractivity (Wildman–Crippen MR) is 131 cm³/mol. The molecule has 32 heavy (non-hydrogen) atoms. The smallest absolute Gasteiger partial charge is 0.336 e. The average molecular weight is 467 g/mol. The van der Waals surface area contributed by atoms with E-state index in [9.17, 15) is 19.8 Å². The molecule has 0 aliphatic rings. The van der Waals surface area contributed by atoms with E-state index < -0.39 is 11.9 Å². The van der Waals surface area contributed by atoms with Gasteiger partial charge in [0.25, 0.3) is 0 Å². The summed E-state index contributed by atoms with van der Waals surface area (Å²) in [5.41, 5.74) is 7.92. The van der Waals surface area contributed by atoms with E-state index in [1.54, 1.807) is 47.8 Å². The van der Waals surface area contributed by atoms with E-state index in [4.69, 9.17) is 0 Å². The number of hydrogen-bond donors (Lipinski definition) is 2. The molecule has 3 aromatic carbocycles. The van der Waals surface area contributed by atoms with Gasteiger partial charge in [-0.1, -0.05) is 24.3 Å². The number of rotatable bonds is 8. The molecule has 0 atom stereocenters. The lowest BCUT2D eigenvalue weighted by molar-refractivity contribution is 0.0682. The second-order valence-corrected chi connectivity index (χ2v) is 9.67. The van der Waals surface area contributed by atoms with E-state index in [-0.39, 0.29) is 0 Å². The minimum absolute atomic E-state index is 0.325. The molecule has 3 aromatic rings. The maximum atomic E-state index is 11.5. The molecule has 0 saturated heterocycles. The fraction of sp³-hybridized carbons (Fsp3) is 0.231. The highest BCUT2D eigenvalue weighted by molar-refractivity contribution is 7.98. The van der Waals surface area contributed by atoms with E-state index >= 15 is 0 Å². The van der Waals surface area contributed by atoms with Gasteiger partial charge in [0.05, 0.1) is 11.1 Å². The van der Waals surface area contributed by atoms with Gasteiger partial charge in [0.1, 0.15) is 0 Å². The molecule has 2 N–H and O–H groups in total. The normalized spacial score (nSPS) is 10.9. The van der Waals surface area contributed by atoms with Gasteiger partial charge in [0.15, 0.2) is 0 Å². The molecule has 0 aromatic heterocycles. The molecular weight excluding hydrogens is 440 g/mol. The van der Waals surface area contributed by atoms with Crippen LogP contribution in [0.2, 0.25) is 0 Å². The molecule has 0 fully saturated rings. The van der Waals surface area contributed by atoms with Crippen molar-refractivity contribution in [2.45, 2.75) is 49.0 Å². The molecule has 3 rings (SSSR count). The zero-order valence-electron chi connectivity index (χ0n) is 18.6. The van der Waals surface area contributed by atoms with Gasteiger partial charge in [-0.05, 0) is 85.3 Å². The molecule has 0 heterocycles. The molecular formula is C26H26O4S2. The van der Waals surface area contributed by atoms with Crippen molar-refractivity contribution in [1.29, 1.82) is 0 Å². The maximum absolute atomic E-state index is 11.5. The average Bonchev–Trinajstić information content (AvgIpc) is 2.78. The number of carboxylic acid groups (broad SMARTS) is 2. The summed E-state index contributed by atoms with van der Waals surface area (Å²) in [5, 5.41) is 18.9. The summed E-state index contributed by atoms with van der Waals surface area (Å²) in [6.07, 6.45) is 0. The molecule has 166 valence electrons. The minimum atomic E-state index is -0.914. The van der Waals surface area contributed by atoms with Crippen LogP contribution < -0.4 is 0 Å². The van der Waals surface area contributed by atoms with E-state index in [1.807, 2.05) is 24.3 Å². The third kappa shape index (κ3) is 5.03. The summed E-state index contributed by atoms with van der Waals surface area (Å²) < 4.78 is 0. The van der Waals surface area contributed by atoms with Crippen LogP contribution in [0.15, 0.2) is 58.3 Å². The predicted octanol–water partition coefficient (Wildman–Crippen LogP) is 6.90. The molecule has 0 aliphatic carbocycles. The van der Waals surface area contributed by atoms with E-state index in [0.29, 0.717) is 22.6 Å². The van der Waals surface area contributed by atoms with Crippen LogP contribution in [0.3, 0.4) is 0 Å². The van der Waals surface area contributed by atoms with Gasteiger partial charge >= 0.3 is 11.9 Å². The summed E-state index contributed by atoms with van der Waals surface area (Å²) in [5.74, 6) is -0.441. The van der Waals surface area contributed by atoms with Crippen LogP contribution in [0.25, 0.3) is 0 Å². The monoisotopic (exact) mass is 466 g/mol. The Balaban J connectivity index is 1.87. The van der Waals surface area contributed by atoms with Crippen molar-refractivity contribution in [3.8, 4) is 0 Å². The highest BCUT2D eigenvalue weighted by Crippen LogP contribution is 2.36. The number of thioether (sulfide) groups is 2. The van der Waals surface area contributed by atoms with E-state index in [0.717, 1.165) is 9.79 Å². The summed E-state index contributed by atoms with van der Waals surface area (Å²) in [7, 11) is 0. The first kappa shape index (κ1) is 24.0. The first-order valence-corrected chi connectivity index (χ1v) is 12.2. The highest BCUT2D eigenvalue weighted by atomic mass is 32.2. The first-order valence-electron chi connectivity index (χ1n) is 10.2. The highest BCUT2D eigenvalue weighted by Gasteiger charge is 2.18. The number of benzene rings is 3. The van der Waals surface area contributed by atoms with Crippen LogP contribution in [0.5, 0.6) is 0 Å². The van der Waals surface area contributed by atoms with Crippen LogP contribution in [0.4, 0.5) is 0 Å². The lowest BCUT2D eigenvalue weighted by atomic mass is 9.90. The molecule has 0 bridgehead atoms. The van der Waals surface area contributed by atoms with Crippen molar-refractivity contribution >= 4 is 35.5 Å². The Hall–Kier alpha value is -2.70. The minimum Gasteiger partial charge on any atom is -0.478 e. The van der Waals surface area contributed by atoms with E-state index in [2.05, 4.69) is 27.7 Å². The molecule has 6 heteroatoms. The van der Waals surface area contributed by atoms with Gasteiger partial charge in [-0.3, -0.25) is 0 Å². The molecule has 0 radical (unpaired) electrons. The lowest BCUT2D eigenvalue weighted by Gasteiger charge is -2.21. The van der Waals surface area contributed by atoms with E-state index in [1.165, 1.54) is 33.4 Å². The van der Waals surface area contributed by atoms with Crippen molar-refractivity contribution in [2.24, 2.45) is 0 Å². The van der Waals surface area contributed by atoms with Crippen LogP contribution in [0.1, 0.15) is 54.1 Å². The number of carboxylic acids is 2. The Morgan fingerprint density at radius 1 is 0.625 bits per heavy atom. The first-order chi connectivity index (χ1) is 15.2. The van der Waals surface area contributed by atoms with Crippen molar-refractivity contribution < 1.29 is 19.8 Å². The Morgan fingerprint density at radius 2 is 0.938 bits per heavy atom. The summed E-state index contributed by atoms with van der Waals surface area (Å²) in [6.45, 7) is 8.44. The zero-order valence-corrected chi connectivity index (χ0v) is 20.2. The second kappa shape index (κ2) is 10.3. The van der Waals surface area contributed by atoms with Crippen molar-refractivity contribution in [1.82, 2.24) is 0 Å². The zero-order chi connectivity index (χ0) is 23.4. The number of hydrogen-bond acceptors (Lipinski definition) is 4. The summed E-state index contributed by atoms with van der Waals surface area (Å²) in [6, 6.07) is 14.2. The summed E-state index contributed by atoms with van der Waals surface area (Å²) >= 11 is 3.09. The van der Waals surface area contributed by atoms with Gasteiger partial charge in [0, 0.05) is 21.3 Å². The standard InChI is InChI=1S/C26H26O4S2/c1-15-16(2)22(14-32-24-12-8-6-10-20(24)26(29)30)18(4)17(3)21(15)13-31-23-11-7-5-9-19(23)25(27)28/h5-12H,13-14H2,1-4H3,(H,27,28)(H,29,30). The topological polar surface area (TPSA) is 74.6 Å². The van der Waals surface area contributed by atoms with Crippen molar-refractivity contribution in [2.75, 3.05) is 0 Å². The van der Waals surface area contributed by atoms with Crippen LogP contribution in [0, 0.1) is 27.7 Å². The third-order valence-electron chi connectivity index (χ3n) is 5.91. The Morgan fingerprint density at radius 3 is 1.25 bits per heavy atom. The maximum Gasteiger partial charge on any atom is 0.336 e. The van der Waals surface area contributed by atoms with Crippen LogP contribution >= 0.6 is 23.5 Å². The van der Waals surface area contributed by atoms with Crippen LogP contribution in [-0.4, -0.2) is 22.2 Å². The fourth-order valence-corrected chi connectivity index (χ4v) is 6.18. The molecule has 0 spiro atoms. The molecule has 0 aliphatic heterocycles. The van der Waals surface area contributed by atoms with Crippen molar-refractivity contribution in [3.63, 3.8) is 0 Å². The molecule has 0 unspecified atom stereocenters. The summed E-state index contributed by atoms with van der Waals surface area (Å²) in [4.78, 5) is 24.6. The lowest BCUT2D eigenvalue weighted by Crippen LogP contribution is -2.05. The molecule has 0 amide bonds. The molecule has 0 saturated carbocycles. The van der Waals surface area contributed by atoms with Crippen LogP contribution in [-0.2, 0) is 11.5 Å².